The average molecular weight is 351 g/mol. The van der Waals surface area contributed by atoms with Gasteiger partial charge in [-0.05, 0) is 80.0 Å². The summed E-state index contributed by atoms with van der Waals surface area (Å²) in [7, 11) is 0. The van der Waals surface area contributed by atoms with Crippen molar-refractivity contribution in [2.75, 3.05) is 18.0 Å². The average Bonchev–Trinajstić information content (AvgIpc) is 2.63. The molecule has 1 N–H and O–H groups in total. The van der Waals surface area contributed by atoms with E-state index in [9.17, 15) is 4.79 Å². The van der Waals surface area contributed by atoms with Gasteiger partial charge in [0.25, 0.3) is 5.91 Å². The minimum absolute atomic E-state index is 0.000433. The highest BCUT2D eigenvalue weighted by atomic mass is 16.1. The monoisotopic (exact) mass is 350 g/mol. The Morgan fingerprint density at radius 1 is 1.08 bits per heavy atom. The van der Waals surface area contributed by atoms with E-state index in [1.54, 1.807) is 0 Å². The minimum Gasteiger partial charge on any atom is -0.371 e. The van der Waals surface area contributed by atoms with E-state index in [4.69, 9.17) is 0 Å². The molecule has 1 amide bonds. The van der Waals surface area contributed by atoms with Gasteiger partial charge < -0.3 is 10.2 Å². The molecule has 1 saturated heterocycles. The van der Waals surface area contributed by atoms with Crippen LogP contribution in [0.2, 0.25) is 0 Å². The highest BCUT2D eigenvalue weighted by Crippen LogP contribution is 2.23. The molecule has 1 atom stereocenters. The van der Waals surface area contributed by atoms with Crippen LogP contribution in [0.25, 0.3) is 0 Å². The van der Waals surface area contributed by atoms with Crippen LogP contribution in [0.1, 0.15) is 52.4 Å². The first-order valence-corrected chi connectivity index (χ1v) is 9.64. The molecule has 1 heterocycles. The third-order valence-corrected chi connectivity index (χ3v) is 5.50. The Bertz CT molecular complexity index is 780. The lowest BCUT2D eigenvalue weighted by atomic mass is 9.99. The number of nitrogens with one attached hydrogen (secondary N) is 1. The van der Waals surface area contributed by atoms with Gasteiger partial charge in [-0.3, -0.25) is 4.79 Å². The van der Waals surface area contributed by atoms with Crippen LogP contribution in [-0.4, -0.2) is 19.0 Å². The molecule has 0 aromatic heterocycles. The summed E-state index contributed by atoms with van der Waals surface area (Å²) >= 11 is 0. The van der Waals surface area contributed by atoms with E-state index in [-0.39, 0.29) is 5.91 Å². The molecule has 3 rings (SSSR count). The Morgan fingerprint density at radius 3 is 2.46 bits per heavy atom. The van der Waals surface area contributed by atoms with Crippen molar-refractivity contribution in [2.45, 2.75) is 47.1 Å². The lowest BCUT2D eigenvalue weighted by molar-refractivity contribution is 0.0950. The van der Waals surface area contributed by atoms with Crippen LogP contribution in [-0.2, 0) is 6.54 Å². The zero-order chi connectivity index (χ0) is 18.7. The fourth-order valence-corrected chi connectivity index (χ4v) is 3.73. The van der Waals surface area contributed by atoms with E-state index in [0.717, 1.165) is 41.3 Å². The van der Waals surface area contributed by atoms with E-state index in [1.165, 1.54) is 24.1 Å². The predicted molar refractivity (Wildman–Crippen MR) is 109 cm³/mol. The largest absolute Gasteiger partial charge is 0.371 e. The fourth-order valence-electron chi connectivity index (χ4n) is 3.73. The molecule has 26 heavy (non-hydrogen) atoms. The number of hydrogen-bond acceptors (Lipinski definition) is 2. The first kappa shape index (κ1) is 18.5. The van der Waals surface area contributed by atoms with E-state index in [1.807, 2.05) is 19.9 Å². The zero-order valence-corrected chi connectivity index (χ0v) is 16.4. The number of benzene rings is 2. The molecule has 2 aromatic carbocycles. The van der Waals surface area contributed by atoms with E-state index >= 15 is 0 Å². The topological polar surface area (TPSA) is 32.3 Å². The Balaban J connectivity index is 1.61. The van der Waals surface area contributed by atoms with Crippen molar-refractivity contribution >= 4 is 11.6 Å². The van der Waals surface area contributed by atoms with Gasteiger partial charge in [-0.25, -0.2) is 0 Å². The predicted octanol–water partition coefficient (Wildman–Crippen LogP) is 4.78. The summed E-state index contributed by atoms with van der Waals surface area (Å²) in [5.74, 6) is 0.767. The van der Waals surface area contributed by atoms with Crippen LogP contribution in [0.3, 0.4) is 0 Å². The molecule has 2 aromatic rings. The number of amides is 1. The van der Waals surface area contributed by atoms with Crippen molar-refractivity contribution in [2.24, 2.45) is 5.92 Å². The van der Waals surface area contributed by atoms with Crippen LogP contribution in [0.4, 0.5) is 5.69 Å². The Labute approximate surface area is 157 Å². The number of piperidine rings is 1. The molecule has 0 bridgehead atoms. The summed E-state index contributed by atoms with van der Waals surface area (Å²) in [6.07, 6.45) is 2.60. The van der Waals surface area contributed by atoms with Crippen molar-refractivity contribution in [3.8, 4) is 0 Å². The summed E-state index contributed by atoms with van der Waals surface area (Å²) < 4.78 is 0. The van der Waals surface area contributed by atoms with Crippen molar-refractivity contribution in [3.63, 3.8) is 0 Å². The van der Waals surface area contributed by atoms with Gasteiger partial charge in [0, 0.05) is 30.9 Å². The molecule has 0 aliphatic carbocycles. The first-order valence-electron chi connectivity index (χ1n) is 9.64. The van der Waals surface area contributed by atoms with Crippen molar-refractivity contribution in [3.05, 3.63) is 64.2 Å². The second-order valence-electron chi connectivity index (χ2n) is 7.79. The van der Waals surface area contributed by atoms with Crippen LogP contribution < -0.4 is 10.2 Å². The first-order chi connectivity index (χ1) is 12.4. The van der Waals surface area contributed by atoms with Gasteiger partial charge in [-0.2, -0.15) is 0 Å². The molecule has 0 radical (unpaired) electrons. The standard InChI is InChI=1S/C23H30N2O/c1-16-6-5-11-25(15-16)21-9-7-20(8-10-21)14-24-23(26)22-13-18(3)17(2)12-19(22)4/h7-10,12-13,16H,5-6,11,14-15H2,1-4H3,(H,24,26). The lowest BCUT2D eigenvalue weighted by Crippen LogP contribution is -2.34. The van der Waals surface area contributed by atoms with Crippen LogP contribution in [0, 0.1) is 26.7 Å². The molecule has 1 aliphatic heterocycles. The number of carbonyl (C=O) groups excluding carboxylic acids is 1. The molecule has 0 saturated carbocycles. The van der Waals surface area contributed by atoms with E-state index in [2.05, 4.69) is 54.4 Å². The Kier molecular flexibility index (Phi) is 5.65. The van der Waals surface area contributed by atoms with Crippen molar-refractivity contribution < 1.29 is 4.79 Å². The highest BCUT2D eigenvalue weighted by molar-refractivity contribution is 5.95. The van der Waals surface area contributed by atoms with Crippen LogP contribution >= 0.6 is 0 Å². The lowest BCUT2D eigenvalue weighted by Gasteiger charge is -2.32. The van der Waals surface area contributed by atoms with Gasteiger partial charge in [-0.15, -0.1) is 0 Å². The van der Waals surface area contributed by atoms with E-state index < -0.39 is 0 Å². The van der Waals surface area contributed by atoms with Crippen LogP contribution in [0.15, 0.2) is 36.4 Å². The summed E-state index contributed by atoms with van der Waals surface area (Å²) in [5.41, 5.74) is 6.60. The van der Waals surface area contributed by atoms with Gasteiger partial charge in [0.15, 0.2) is 0 Å². The molecule has 1 fully saturated rings. The Morgan fingerprint density at radius 2 is 1.77 bits per heavy atom. The molecular formula is C23H30N2O. The van der Waals surface area contributed by atoms with Gasteiger partial charge in [-0.1, -0.05) is 25.1 Å². The summed E-state index contributed by atoms with van der Waals surface area (Å²) in [4.78, 5) is 15.0. The number of anilines is 1. The second kappa shape index (κ2) is 7.94. The van der Waals surface area contributed by atoms with Crippen molar-refractivity contribution in [1.29, 1.82) is 0 Å². The number of aryl methyl sites for hydroxylation is 3. The van der Waals surface area contributed by atoms with Crippen molar-refractivity contribution in [1.82, 2.24) is 5.32 Å². The molecule has 0 spiro atoms. The number of rotatable bonds is 4. The maximum absolute atomic E-state index is 12.5. The van der Waals surface area contributed by atoms with Gasteiger partial charge in [0.1, 0.15) is 0 Å². The zero-order valence-electron chi connectivity index (χ0n) is 16.4. The highest BCUT2D eigenvalue weighted by Gasteiger charge is 2.16. The normalized spacial score (nSPS) is 17.2. The molecular weight excluding hydrogens is 320 g/mol. The van der Waals surface area contributed by atoms with E-state index in [0.29, 0.717) is 6.54 Å². The summed E-state index contributed by atoms with van der Waals surface area (Å²) in [6.45, 7) is 11.3. The third kappa shape index (κ3) is 4.27. The molecule has 138 valence electrons. The van der Waals surface area contributed by atoms with Gasteiger partial charge in [0.2, 0.25) is 0 Å². The Hall–Kier alpha value is -2.29. The maximum Gasteiger partial charge on any atom is 0.251 e. The molecule has 3 heteroatoms. The maximum atomic E-state index is 12.5. The van der Waals surface area contributed by atoms with Gasteiger partial charge in [0.05, 0.1) is 0 Å². The fraction of sp³-hybridized carbons (Fsp3) is 0.435. The third-order valence-electron chi connectivity index (χ3n) is 5.50. The summed E-state index contributed by atoms with van der Waals surface area (Å²) in [5, 5.41) is 3.06. The smallest absolute Gasteiger partial charge is 0.251 e. The number of carbonyl (C=O) groups is 1. The molecule has 3 nitrogen and oxygen atoms in total. The number of nitrogens with zero attached hydrogens (tertiary/aromatic N) is 1. The molecule has 1 aliphatic rings. The van der Waals surface area contributed by atoms with Crippen LogP contribution in [0.5, 0.6) is 0 Å². The quantitative estimate of drug-likeness (QED) is 0.861. The summed E-state index contributed by atoms with van der Waals surface area (Å²) in [6, 6.07) is 12.7. The second-order valence-corrected chi connectivity index (χ2v) is 7.79. The molecule has 1 unspecified atom stereocenters. The van der Waals surface area contributed by atoms with Gasteiger partial charge >= 0.3 is 0 Å². The SMILES string of the molecule is Cc1cc(C)c(C(=O)NCc2ccc(N3CCCC(C)C3)cc2)cc1C. The minimum atomic E-state index is -0.000433. The number of hydrogen-bond donors (Lipinski definition) is 1.